The number of hydrogen-bond donors (Lipinski definition) is 1. The number of amides is 1. The van der Waals surface area contributed by atoms with Crippen molar-refractivity contribution in [3.63, 3.8) is 0 Å². The molecule has 1 aromatic rings. The van der Waals surface area contributed by atoms with Gasteiger partial charge in [-0.15, -0.1) is 0 Å². The first-order chi connectivity index (χ1) is 9.05. The third-order valence-electron chi connectivity index (χ3n) is 3.76. The van der Waals surface area contributed by atoms with Crippen LogP contribution in [0.2, 0.25) is 0 Å². The van der Waals surface area contributed by atoms with Crippen molar-refractivity contribution >= 4 is 39.3 Å². The number of carbonyl (C=O) groups is 1. The first-order valence-electron chi connectivity index (χ1n) is 6.11. The van der Waals surface area contributed by atoms with Gasteiger partial charge in [-0.2, -0.15) is 11.8 Å². The van der Waals surface area contributed by atoms with Gasteiger partial charge in [0.2, 0.25) is 5.91 Å². The SMILES string of the molecule is O=C1Nc2ccc(F)c(F)c2C1(Br)C1CCCSC1. The van der Waals surface area contributed by atoms with Gasteiger partial charge in [-0.1, -0.05) is 15.9 Å². The van der Waals surface area contributed by atoms with Crippen molar-refractivity contribution in [1.82, 2.24) is 0 Å². The zero-order chi connectivity index (χ0) is 13.6. The van der Waals surface area contributed by atoms with E-state index in [1.54, 1.807) is 11.8 Å². The maximum absolute atomic E-state index is 14.1. The van der Waals surface area contributed by atoms with Crippen molar-refractivity contribution in [3.05, 3.63) is 29.3 Å². The van der Waals surface area contributed by atoms with Crippen LogP contribution >= 0.6 is 27.7 Å². The topological polar surface area (TPSA) is 29.1 Å². The second kappa shape index (κ2) is 4.74. The quantitative estimate of drug-likeness (QED) is 0.785. The molecule has 0 spiro atoms. The number of anilines is 1. The molecule has 2 heterocycles. The zero-order valence-electron chi connectivity index (χ0n) is 10.0. The lowest BCUT2D eigenvalue weighted by Crippen LogP contribution is -2.39. The van der Waals surface area contributed by atoms with Gasteiger partial charge in [-0.3, -0.25) is 4.79 Å². The molecule has 3 rings (SSSR count). The second-order valence-corrected chi connectivity index (χ2v) is 7.26. The molecular weight excluding hydrogens is 336 g/mol. The van der Waals surface area contributed by atoms with Gasteiger partial charge in [0.1, 0.15) is 4.32 Å². The summed E-state index contributed by atoms with van der Waals surface area (Å²) in [7, 11) is 0. The highest BCUT2D eigenvalue weighted by Gasteiger charge is 2.52. The summed E-state index contributed by atoms with van der Waals surface area (Å²) in [6, 6.07) is 2.47. The number of rotatable bonds is 1. The lowest BCUT2D eigenvalue weighted by Gasteiger charge is -2.33. The number of benzene rings is 1. The Hall–Kier alpha value is -0.620. The Morgan fingerprint density at radius 3 is 2.89 bits per heavy atom. The number of hydrogen-bond acceptors (Lipinski definition) is 2. The van der Waals surface area contributed by atoms with E-state index in [1.807, 2.05) is 0 Å². The molecule has 2 atom stereocenters. The summed E-state index contributed by atoms with van der Waals surface area (Å²) in [5.41, 5.74) is 0.501. The lowest BCUT2D eigenvalue weighted by molar-refractivity contribution is -0.119. The molecule has 2 aliphatic rings. The zero-order valence-corrected chi connectivity index (χ0v) is 12.4. The normalized spacial score (nSPS) is 30.1. The molecule has 1 saturated heterocycles. The first-order valence-corrected chi connectivity index (χ1v) is 8.06. The fraction of sp³-hybridized carbons (Fsp3) is 0.462. The number of thioether (sulfide) groups is 1. The minimum Gasteiger partial charge on any atom is -0.324 e. The van der Waals surface area contributed by atoms with Crippen LogP contribution in [0.5, 0.6) is 0 Å². The maximum atomic E-state index is 14.1. The molecule has 102 valence electrons. The van der Waals surface area contributed by atoms with Gasteiger partial charge >= 0.3 is 0 Å². The predicted molar refractivity (Wildman–Crippen MR) is 75.6 cm³/mol. The average molecular weight is 348 g/mol. The molecule has 0 aromatic heterocycles. The molecule has 2 unspecified atom stereocenters. The summed E-state index contributed by atoms with van der Waals surface area (Å²) in [6.07, 6.45) is 1.82. The highest BCUT2D eigenvalue weighted by molar-refractivity contribution is 9.10. The standard InChI is InChI=1S/C13H12BrF2NOS/c14-13(7-2-1-5-19-6-7)10-9(17-12(13)18)4-3-8(15)11(10)16/h3-4,7H,1-2,5-6H2,(H,17,18). The smallest absolute Gasteiger partial charge is 0.246 e. The van der Waals surface area contributed by atoms with E-state index < -0.39 is 16.0 Å². The van der Waals surface area contributed by atoms with Crippen LogP contribution in [0.3, 0.4) is 0 Å². The molecule has 1 aromatic carbocycles. The van der Waals surface area contributed by atoms with Crippen molar-refractivity contribution in [2.75, 3.05) is 16.8 Å². The molecule has 6 heteroatoms. The van der Waals surface area contributed by atoms with E-state index in [9.17, 15) is 13.6 Å². The van der Waals surface area contributed by atoms with E-state index in [1.165, 1.54) is 6.07 Å². The summed E-state index contributed by atoms with van der Waals surface area (Å²) in [6.45, 7) is 0. The van der Waals surface area contributed by atoms with E-state index in [0.717, 1.165) is 30.4 Å². The highest BCUT2D eigenvalue weighted by Crippen LogP contribution is 2.52. The maximum Gasteiger partial charge on any atom is 0.246 e. The lowest BCUT2D eigenvalue weighted by atomic mass is 9.84. The molecule has 0 radical (unpaired) electrons. The Morgan fingerprint density at radius 1 is 1.42 bits per heavy atom. The number of fused-ring (bicyclic) bond motifs is 1. The van der Waals surface area contributed by atoms with Crippen molar-refractivity contribution in [2.24, 2.45) is 5.92 Å². The summed E-state index contributed by atoms with van der Waals surface area (Å²) < 4.78 is 26.5. The fourth-order valence-electron chi connectivity index (χ4n) is 2.78. The van der Waals surface area contributed by atoms with Gasteiger partial charge in [0.15, 0.2) is 11.6 Å². The van der Waals surface area contributed by atoms with E-state index in [2.05, 4.69) is 21.2 Å². The summed E-state index contributed by atoms with van der Waals surface area (Å²) in [5, 5.41) is 2.65. The van der Waals surface area contributed by atoms with Crippen molar-refractivity contribution in [1.29, 1.82) is 0 Å². The number of alkyl halides is 1. The molecule has 2 aliphatic heterocycles. The van der Waals surface area contributed by atoms with E-state index in [0.29, 0.717) is 5.69 Å². The van der Waals surface area contributed by atoms with Gasteiger partial charge in [0, 0.05) is 11.3 Å². The Kier molecular flexibility index (Phi) is 3.33. The molecule has 0 saturated carbocycles. The van der Waals surface area contributed by atoms with Crippen LogP contribution < -0.4 is 5.32 Å². The van der Waals surface area contributed by atoms with E-state index in [4.69, 9.17) is 0 Å². The molecule has 1 N–H and O–H groups in total. The van der Waals surface area contributed by atoms with Crippen LogP contribution in [0, 0.1) is 17.6 Å². The first kappa shape index (κ1) is 13.4. The van der Waals surface area contributed by atoms with Crippen molar-refractivity contribution in [3.8, 4) is 0 Å². The number of carbonyl (C=O) groups excluding carboxylic acids is 1. The molecule has 1 amide bonds. The Morgan fingerprint density at radius 2 is 2.21 bits per heavy atom. The molecule has 0 aliphatic carbocycles. The molecule has 19 heavy (non-hydrogen) atoms. The van der Waals surface area contributed by atoms with Crippen molar-refractivity contribution < 1.29 is 13.6 Å². The average Bonchev–Trinajstić information content (AvgIpc) is 2.69. The van der Waals surface area contributed by atoms with Gasteiger partial charge in [0.25, 0.3) is 0 Å². The summed E-state index contributed by atoms with van der Waals surface area (Å²) >= 11 is 5.17. The van der Waals surface area contributed by atoms with Crippen LogP contribution in [0.25, 0.3) is 0 Å². The van der Waals surface area contributed by atoms with Crippen LogP contribution in [0.4, 0.5) is 14.5 Å². The summed E-state index contributed by atoms with van der Waals surface area (Å²) in [4.78, 5) is 12.3. The fourth-order valence-corrected chi connectivity index (χ4v) is 5.11. The predicted octanol–water partition coefficient (Wildman–Crippen LogP) is 3.65. The van der Waals surface area contributed by atoms with Gasteiger partial charge in [-0.05, 0) is 42.4 Å². The van der Waals surface area contributed by atoms with Gasteiger partial charge in [-0.25, -0.2) is 8.78 Å². The van der Waals surface area contributed by atoms with Gasteiger partial charge < -0.3 is 5.32 Å². The van der Waals surface area contributed by atoms with Gasteiger partial charge in [0.05, 0.1) is 0 Å². The number of halogens is 3. The largest absolute Gasteiger partial charge is 0.324 e. The van der Waals surface area contributed by atoms with Crippen LogP contribution in [0.1, 0.15) is 18.4 Å². The Labute approximate surface area is 122 Å². The molecule has 0 bridgehead atoms. The Bertz CT molecular complexity index is 548. The number of nitrogens with one attached hydrogen (secondary N) is 1. The third kappa shape index (κ3) is 1.91. The van der Waals surface area contributed by atoms with E-state index in [-0.39, 0.29) is 17.4 Å². The highest BCUT2D eigenvalue weighted by atomic mass is 79.9. The second-order valence-electron chi connectivity index (χ2n) is 4.86. The minimum atomic E-state index is -1.14. The third-order valence-corrected chi connectivity index (χ3v) is 6.38. The van der Waals surface area contributed by atoms with Crippen LogP contribution in [-0.2, 0) is 9.12 Å². The summed E-state index contributed by atoms with van der Waals surface area (Å²) in [5.74, 6) is -0.331. The van der Waals surface area contributed by atoms with Crippen molar-refractivity contribution in [2.45, 2.75) is 17.2 Å². The minimum absolute atomic E-state index is 0.0243. The molecule has 1 fully saturated rings. The van der Waals surface area contributed by atoms with E-state index >= 15 is 0 Å². The molecular formula is C13H12BrF2NOS. The monoisotopic (exact) mass is 347 g/mol. The Balaban J connectivity index is 2.12. The molecule has 2 nitrogen and oxygen atoms in total. The van der Waals surface area contributed by atoms with Crippen LogP contribution in [-0.4, -0.2) is 17.4 Å². The van der Waals surface area contributed by atoms with Crippen LogP contribution in [0.15, 0.2) is 12.1 Å².